The Morgan fingerprint density at radius 1 is 1.19 bits per heavy atom. The largest absolute Gasteiger partial charge is 0.322 e. The van der Waals surface area contributed by atoms with Crippen LogP contribution in [0.1, 0.15) is 22.3 Å². The molecule has 0 radical (unpaired) electrons. The summed E-state index contributed by atoms with van der Waals surface area (Å²) in [7, 11) is 1.91. The lowest BCUT2D eigenvalue weighted by atomic mass is 10.1. The Kier molecular flexibility index (Phi) is 4.54. The van der Waals surface area contributed by atoms with E-state index < -0.39 is 0 Å². The second-order valence-corrected chi connectivity index (χ2v) is 6.69. The fourth-order valence-corrected chi connectivity index (χ4v) is 3.35. The summed E-state index contributed by atoms with van der Waals surface area (Å²) >= 11 is 0. The van der Waals surface area contributed by atoms with Crippen LogP contribution >= 0.6 is 0 Å². The van der Waals surface area contributed by atoms with Gasteiger partial charge >= 0.3 is 0 Å². The van der Waals surface area contributed by atoms with Gasteiger partial charge in [-0.05, 0) is 42.3 Å². The van der Waals surface area contributed by atoms with E-state index in [2.05, 4.69) is 33.5 Å². The number of hydrogen-bond acceptors (Lipinski definition) is 3. The summed E-state index contributed by atoms with van der Waals surface area (Å²) in [4.78, 5) is 15.0. The summed E-state index contributed by atoms with van der Waals surface area (Å²) in [6, 6.07) is 13.7. The highest BCUT2D eigenvalue weighted by Gasteiger charge is 2.11. The maximum Gasteiger partial charge on any atom is 0.255 e. The minimum Gasteiger partial charge on any atom is -0.322 e. The molecule has 1 aliphatic rings. The van der Waals surface area contributed by atoms with Crippen LogP contribution in [0.4, 0.5) is 5.69 Å². The third-order valence-corrected chi connectivity index (χ3v) is 4.74. The topological polar surface area (TPSA) is 50.2 Å². The summed E-state index contributed by atoms with van der Waals surface area (Å²) in [5.74, 6) is -0.0892. The molecule has 4 rings (SSSR count). The smallest absolute Gasteiger partial charge is 0.255 e. The van der Waals surface area contributed by atoms with E-state index >= 15 is 0 Å². The fourth-order valence-electron chi connectivity index (χ4n) is 3.35. The third-order valence-electron chi connectivity index (χ3n) is 4.74. The van der Waals surface area contributed by atoms with E-state index in [4.69, 9.17) is 0 Å². The number of fused-ring (bicyclic) bond motifs is 1. The number of benzene rings is 2. The second-order valence-electron chi connectivity index (χ2n) is 6.69. The van der Waals surface area contributed by atoms with E-state index in [9.17, 15) is 4.79 Å². The van der Waals surface area contributed by atoms with Gasteiger partial charge in [-0.1, -0.05) is 24.3 Å². The van der Waals surface area contributed by atoms with Crippen molar-refractivity contribution in [1.29, 1.82) is 0 Å². The number of aromatic nitrogens is 2. The van der Waals surface area contributed by atoms with Gasteiger partial charge in [0.25, 0.3) is 5.91 Å². The van der Waals surface area contributed by atoms with E-state index in [0.717, 1.165) is 48.2 Å². The average molecular weight is 346 g/mol. The van der Waals surface area contributed by atoms with E-state index in [1.54, 1.807) is 6.20 Å². The normalized spacial score (nSPS) is 14.7. The SMILES string of the molecule is Cn1ncc2cc(NC(=O)c3cccc(CN4CC=CCC4)c3)ccc21. The lowest BCUT2D eigenvalue weighted by Gasteiger charge is -2.23. The fraction of sp³-hybridized carbons (Fsp3) is 0.238. The van der Waals surface area contributed by atoms with Crippen molar-refractivity contribution >= 4 is 22.5 Å². The molecule has 2 aromatic carbocycles. The molecular formula is C21H22N4O. The number of anilines is 1. The van der Waals surface area contributed by atoms with Crippen molar-refractivity contribution in [3.8, 4) is 0 Å². The first-order chi connectivity index (χ1) is 12.7. The summed E-state index contributed by atoms with van der Waals surface area (Å²) in [5.41, 5.74) is 3.67. The van der Waals surface area contributed by atoms with E-state index in [0.29, 0.717) is 5.56 Å². The van der Waals surface area contributed by atoms with Gasteiger partial charge in [0.15, 0.2) is 0 Å². The number of carbonyl (C=O) groups excluding carboxylic acids is 1. The number of nitrogens with zero attached hydrogens (tertiary/aromatic N) is 3. The highest BCUT2D eigenvalue weighted by molar-refractivity contribution is 6.05. The standard InChI is InChI=1S/C21H22N4O/c1-24-20-9-8-19(13-18(20)14-22-24)23-21(26)17-7-5-6-16(12-17)15-25-10-3-2-4-11-25/h2-3,5-9,12-14H,4,10-11,15H2,1H3,(H,23,26). The first-order valence-electron chi connectivity index (χ1n) is 8.88. The number of amides is 1. The van der Waals surface area contributed by atoms with Crippen LogP contribution in [-0.4, -0.2) is 33.7 Å². The molecular weight excluding hydrogens is 324 g/mol. The summed E-state index contributed by atoms with van der Waals surface area (Å²) in [6.07, 6.45) is 7.32. The summed E-state index contributed by atoms with van der Waals surface area (Å²) in [6.45, 7) is 2.91. The van der Waals surface area contributed by atoms with Gasteiger partial charge in [-0.3, -0.25) is 14.4 Å². The van der Waals surface area contributed by atoms with Gasteiger partial charge in [0.2, 0.25) is 0 Å². The van der Waals surface area contributed by atoms with Crippen LogP contribution in [-0.2, 0) is 13.6 Å². The molecule has 1 N–H and O–H groups in total. The number of rotatable bonds is 4. The predicted octanol–water partition coefficient (Wildman–Crippen LogP) is 3.59. The maximum atomic E-state index is 12.6. The van der Waals surface area contributed by atoms with Crippen LogP contribution in [0.5, 0.6) is 0 Å². The average Bonchev–Trinajstić information content (AvgIpc) is 3.03. The first-order valence-corrected chi connectivity index (χ1v) is 8.88. The van der Waals surface area contributed by atoms with Crippen molar-refractivity contribution in [2.24, 2.45) is 7.05 Å². The molecule has 0 unspecified atom stereocenters. The van der Waals surface area contributed by atoms with Crippen molar-refractivity contribution < 1.29 is 4.79 Å². The Morgan fingerprint density at radius 2 is 2.12 bits per heavy atom. The molecule has 1 aromatic heterocycles. The van der Waals surface area contributed by atoms with Crippen LogP contribution in [0.3, 0.4) is 0 Å². The Morgan fingerprint density at radius 3 is 2.96 bits per heavy atom. The summed E-state index contributed by atoms with van der Waals surface area (Å²) < 4.78 is 1.82. The van der Waals surface area contributed by atoms with E-state index in [-0.39, 0.29) is 5.91 Å². The van der Waals surface area contributed by atoms with Crippen LogP contribution in [0.25, 0.3) is 10.9 Å². The van der Waals surface area contributed by atoms with Gasteiger partial charge in [-0.15, -0.1) is 0 Å². The van der Waals surface area contributed by atoms with Gasteiger partial charge in [0.1, 0.15) is 0 Å². The minimum atomic E-state index is -0.0892. The van der Waals surface area contributed by atoms with Crippen LogP contribution in [0.15, 0.2) is 60.8 Å². The molecule has 0 atom stereocenters. The molecule has 1 aliphatic heterocycles. The molecule has 0 saturated carbocycles. The van der Waals surface area contributed by atoms with Crippen molar-refractivity contribution in [3.63, 3.8) is 0 Å². The lowest BCUT2D eigenvalue weighted by Crippen LogP contribution is -2.26. The third kappa shape index (κ3) is 3.53. The zero-order valence-corrected chi connectivity index (χ0v) is 14.9. The predicted molar refractivity (Wildman–Crippen MR) is 104 cm³/mol. The Hall–Kier alpha value is -2.92. The van der Waals surface area contributed by atoms with Crippen molar-refractivity contribution in [2.45, 2.75) is 13.0 Å². The zero-order valence-electron chi connectivity index (χ0n) is 14.9. The molecule has 3 aromatic rings. The molecule has 0 fully saturated rings. The molecule has 132 valence electrons. The quantitative estimate of drug-likeness (QED) is 0.735. The Bertz CT molecular complexity index is 973. The van der Waals surface area contributed by atoms with Crippen LogP contribution in [0.2, 0.25) is 0 Å². The minimum absolute atomic E-state index is 0.0892. The molecule has 26 heavy (non-hydrogen) atoms. The highest BCUT2D eigenvalue weighted by atomic mass is 16.1. The van der Waals surface area contributed by atoms with Crippen LogP contribution < -0.4 is 5.32 Å². The Labute approximate surface area is 152 Å². The monoisotopic (exact) mass is 346 g/mol. The number of aryl methyl sites for hydroxylation is 1. The molecule has 2 heterocycles. The van der Waals surface area contributed by atoms with Gasteiger partial charge in [0.05, 0.1) is 11.7 Å². The van der Waals surface area contributed by atoms with Gasteiger partial charge in [-0.25, -0.2) is 0 Å². The molecule has 5 heteroatoms. The second kappa shape index (κ2) is 7.14. The van der Waals surface area contributed by atoms with E-state index in [1.807, 2.05) is 48.1 Å². The van der Waals surface area contributed by atoms with Crippen LogP contribution in [0, 0.1) is 0 Å². The van der Waals surface area contributed by atoms with Gasteiger partial charge < -0.3 is 5.32 Å². The van der Waals surface area contributed by atoms with Crippen molar-refractivity contribution in [2.75, 3.05) is 18.4 Å². The number of carbonyl (C=O) groups is 1. The first kappa shape index (κ1) is 16.5. The number of nitrogens with one attached hydrogen (secondary N) is 1. The molecule has 0 aliphatic carbocycles. The van der Waals surface area contributed by atoms with Crippen molar-refractivity contribution in [3.05, 3.63) is 71.9 Å². The molecule has 0 bridgehead atoms. The Balaban J connectivity index is 1.48. The molecule has 0 saturated heterocycles. The molecule has 0 spiro atoms. The lowest BCUT2D eigenvalue weighted by molar-refractivity contribution is 0.102. The summed E-state index contributed by atoms with van der Waals surface area (Å²) in [5, 5.41) is 8.24. The van der Waals surface area contributed by atoms with E-state index in [1.165, 1.54) is 0 Å². The van der Waals surface area contributed by atoms with Gasteiger partial charge in [0, 0.05) is 43.3 Å². The number of hydrogen-bond donors (Lipinski definition) is 1. The van der Waals surface area contributed by atoms with Crippen molar-refractivity contribution in [1.82, 2.24) is 14.7 Å². The van der Waals surface area contributed by atoms with Gasteiger partial charge in [-0.2, -0.15) is 5.10 Å². The highest BCUT2D eigenvalue weighted by Crippen LogP contribution is 2.19. The maximum absolute atomic E-state index is 12.6. The molecule has 5 nitrogen and oxygen atoms in total. The molecule has 1 amide bonds. The zero-order chi connectivity index (χ0) is 17.9.